The summed E-state index contributed by atoms with van der Waals surface area (Å²) in [6, 6.07) is 12.0. The zero-order valence-electron chi connectivity index (χ0n) is 14.6. The number of aryl methyl sites for hydroxylation is 1. The van der Waals surface area contributed by atoms with Crippen molar-refractivity contribution in [2.45, 2.75) is 26.4 Å². The number of carbonyl (C=O) groups excluding carboxylic acids is 1. The first-order valence-electron chi connectivity index (χ1n) is 8.76. The number of hydrogen-bond acceptors (Lipinski definition) is 5. The molecule has 2 aromatic rings. The fourth-order valence-electron chi connectivity index (χ4n) is 3.04. The minimum absolute atomic E-state index is 0.0490. The maximum absolute atomic E-state index is 12.0. The molecule has 6 heteroatoms. The molecule has 1 aliphatic heterocycles. The number of benzene rings is 1. The minimum atomic E-state index is -0.0490. The Bertz CT molecular complexity index is 664. The van der Waals surface area contributed by atoms with E-state index in [1.807, 2.05) is 18.2 Å². The van der Waals surface area contributed by atoms with Crippen LogP contribution in [0.4, 0.5) is 5.82 Å². The van der Waals surface area contributed by atoms with E-state index in [0.29, 0.717) is 30.6 Å². The molecule has 1 aromatic heterocycles. The molecular weight excluding hydrogens is 318 g/mol. The van der Waals surface area contributed by atoms with Gasteiger partial charge in [-0.15, -0.1) is 0 Å². The molecule has 1 saturated heterocycles. The highest BCUT2D eigenvalue weighted by atomic mass is 16.5. The first kappa shape index (κ1) is 17.6. The van der Waals surface area contributed by atoms with E-state index < -0.39 is 0 Å². The summed E-state index contributed by atoms with van der Waals surface area (Å²) < 4.78 is 10.8. The molecule has 25 heavy (non-hydrogen) atoms. The highest BCUT2D eigenvalue weighted by Crippen LogP contribution is 2.18. The molecule has 0 saturated carbocycles. The number of nitrogens with one attached hydrogen (secondary N) is 1. The van der Waals surface area contributed by atoms with Gasteiger partial charge in [-0.05, 0) is 44.3 Å². The van der Waals surface area contributed by atoms with Crippen molar-refractivity contribution in [1.82, 2.24) is 10.1 Å². The number of piperidine rings is 1. The Labute approximate surface area is 148 Å². The summed E-state index contributed by atoms with van der Waals surface area (Å²) in [5.41, 5.74) is 1.21. The largest absolute Gasteiger partial charge is 0.376 e. The Morgan fingerprint density at radius 2 is 2.08 bits per heavy atom. The number of amides is 1. The molecule has 0 atom stereocenters. The normalized spacial score (nSPS) is 16.0. The van der Waals surface area contributed by atoms with E-state index in [-0.39, 0.29) is 5.91 Å². The lowest BCUT2D eigenvalue weighted by molar-refractivity contribution is -0.117. The van der Waals surface area contributed by atoms with Crippen LogP contribution < -0.4 is 5.32 Å². The van der Waals surface area contributed by atoms with E-state index in [2.05, 4.69) is 27.5 Å². The standard InChI is InChI=1S/C19H25N3O3/c1-15-11-18(21-25-15)20-19(23)12-22-9-7-17(8-10-22)14-24-13-16-5-3-2-4-6-16/h2-6,11,17H,7-10,12-14H2,1H3,(H,20,21,23). The summed E-state index contributed by atoms with van der Waals surface area (Å²) >= 11 is 0. The second-order valence-electron chi connectivity index (χ2n) is 6.59. The van der Waals surface area contributed by atoms with Crippen LogP contribution in [0.15, 0.2) is 40.9 Å². The smallest absolute Gasteiger partial charge is 0.239 e. The number of hydrogen-bond donors (Lipinski definition) is 1. The van der Waals surface area contributed by atoms with E-state index in [1.165, 1.54) is 5.56 Å². The molecule has 1 amide bonds. The molecule has 1 N–H and O–H groups in total. The first-order valence-corrected chi connectivity index (χ1v) is 8.76. The summed E-state index contributed by atoms with van der Waals surface area (Å²) in [6.07, 6.45) is 2.12. The topological polar surface area (TPSA) is 67.6 Å². The van der Waals surface area contributed by atoms with Crippen molar-refractivity contribution in [3.63, 3.8) is 0 Å². The lowest BCUT2D eigenvalue weighted by Gasteiger charge is -2.31. The predicted molar refractivity (Wildman–Crippen MR) is 95.1 cm³/mol. The van der Waals surface area contributed by atoms with E-state index in [4.69, 9.17) is 9.26 Å². The fourth-order valence-corrected chi connectivity index (χ4v) is 3.04. The van der Waals surface area contributed by atoms with E-state index in [0.717, 1.165) is 32.5 Å². The average molecular weight is 343 g/mol. The minimum Gasteiger partial charge on any atom is -0.376 e. The first-order chi connectivity index (χ1) is 12.2. The quantitative estimate of drug-likeness (QED) is 0.837. The van der Waals surface area contributed by atoms with Gasteiger partial charge in [0.05, 0.1) is 13.2 Å². The third kappa shape index (κ3) is 5.69. The molecule has 0 unspecified atom stereocenters. The number of rotatable bonds is 7. The molecule has 1 fully saturated rings. The van der Waals surface area contributed by atoms with Crippen molar-refractivity contribution in [2.75, 3.05) is 31.6 Å². The summed E-state index contributed by atoms with van der Waals surface area (Å²) in [6.45, 7) is 5.49. The Kier molecular flexibility index (Phi) is 6.19. The lowest BCUT2D eigenvalue weighted by Crippen LogP contribution is -2.40. The van der Waals surface area contributed by atoms with Crippen molar-refractivity contribution < 1.29 is 14.1 Å². The van der Waals surface area contributed by atoms with Gasteiger partial charge in [0.2, 0.25) is 5.91 Å². The average Bonchev–Trinajstić information content (AvgIpc) is 3.02. The highest BCUT2D eigenvalue weighted by Gasteiger charge is 2.21. The Hall–Kier alpha value is -2.18. The number of ether oxygens (including phenoxy) is 1. The highest BCUT2D eigenvalue weighted by molar-refractivity contribution is 5.91. The van der Waals surface area contributed by atoms with Crippen LogP contribution in [-0.2, 0) is 16.1 Å². The Balaban J connectivity index is 1.32. The third-order valence-corrected chi connectivity index (χ3v) is 4.43. The van der Waals surface area contributed by atoms with Gasteiger partial charge in [-0.1, -0.05) is 35.5 Å². The van der Waals surface area contributed by atoms with Gasteiger partial charge < -0.3 is 14.6 Å². The number of nitrogens with zero attached hydrogens (tertiary/aromatic N) is 2. The van der Waals surface area contributed by atoms with Crippen LogP contribution in [-0.4, -0.2) is 42.2 Å². The van der Waals surface area contributed by atoms with Gasteiger partial charge in [0, 0.05) is 12.7 Å². The van der Waals surface area contributed by atoms with Crippen molar-refractivity contribution in [2.24, 2.45) is 5.92 Å². The molecule has 134 valence electrons. The molecular formula is C19H25N3O3. The number of anilines is 1. The van der Waals surface area contributed by atoms with Gasteiger partial charge >= 0.3 is 0 Å². The maximum Gasteiger partial charge on any atom is 0.239 e. The molecule has 1 aromatic carbocycles. The van der Waals surface area contributed by atoms with Gasteiger partial charge in [0.1, 0.15) is 5.76 Å². The van der Waals surface area contributed by atoms with Gasteiger partial charge in [0.25, 0.3) is 0 Å². The Morgan fingerprint density at radius 3 is 2.76 bits per heavy atom. The molecule has 2 heterocycles. The summed E-state index contributed by atoms with van der Waals surface area (Å²) in [5, 5.41) is 6.54. The SMILES string of the molecule is Cc1cc(NC(=O)CN2CCC(COCc3ccccc3)CC2)no1. The van der Waals surface area contributed by atoms with Crippen molar-refractivity contribution in [3.8, 4) is 0 Å². The van der Waals surface area contributed by atoms with Gasteiger partial charge in [-0.3, -0.25) is 9.69 Å². The van der Waals surface area contributed by atoms with Crippen LogP contribution in [0, 0.1) is 12.8 Å². The lowest BCUT2D eigenvalue weighted by atomic mass is 9.98. The summed E-state index contributed by atoms with van der Waals surface area (Å²) in [4.78, 5) is 14.2. The van der Waals surface area contributed by atoms with Gasteiger partial charge in [-0.2, -0.15) is 0 Å². The number of likely N-dealkylation sites (tertiary alicyclic amines) is 1. The fraction of sp³-hybridized carbons (Fsp3) is 0.474. The summed E-state index contributed by atoms with van der Waals surface area (Å²) in [5.74, 6) is 1.69. The van der Waals surface area contributed by atoms with Crippen LogP contribution in [0.2, 0.25) is 0 Å². The van der Waals surface area contributed by atoms with E-state index >= 15 is 0 Å². The van der Waals surface area contributed by atoms with Gasteiger partial charge in [0.15, 0.2) is 5.82 Å². The molecule has 0 aliphatic carbocycles. The number of carbonyl (C=O) groups is 1. The second-order valence-corrected chi connectivity index (χ2v) is 6.59. The number of aromatic nitrogens is 1. The summed E-state index contributed by atoms with van der Waals surface area (Å²) in [7, 11) is 0. The molecule has 0 spiro atoms. The van der Waals surface area contributed by atoms with Crippen LogP contribution in [0.25, 0.3) is 0 Å². The Morgan fingerprint density at radius 1 is 1.32 bits per heavy atom. The van der Waals surface area contributed by atoms with Crippen LogP contribution in [0.5, 0.6) is 0 Å². The predicted octanol–water partition coefficient (Wildman–Crippen LogP) is 2.85. The second kappa shape index (κ2) is 8.78. The maximum atomic E-state index is 12.0. The third-order valence-electron chi connectivity index (χ3n) is 4.43. The van der Waals surface area contributed by atoms with Crippen molar-refractivity contribution in [3.05, 3.63) is 47.7 Å². The monoisotopic (exact) mass is 343 g/mol. The molecule has 0 radical (unpaired) electrons. The van der Waals surface area contributed by atoms with E-state index in [1.54, 1.807) is 13.0 Å². The molecule has 1 aliphatic rings. The van der Waals surface area contributed by atoms with Crippen molar-refractivity contribution in [1.29, 1.82) is 0 Å². The van der Waals surface area contributed by atoms with Gasteiger partial charge in [-0.25, -0.2) is 0 Å². The zero-order valence-corrected chi connectivity index (χ0v) is 14.6. The molecule has 6 nitrogen and oxygen atoms in total. The molecule has 3 rings (SSSR count). The van der Waals surface area contributed by atoms with Crippen LogP contribution in [0.1, 0.15) is 24.2 Å². The zero-order chi connectivity index (χ0) is 17.5. The van der Waals surface area contributed by atoms with E-state index in [9.17, 15) is 4.79 Å². The van der Waals surface area contributed by atoms with Crippen LogP contribution in [0.3, 0.4) is 0 Å². The van der Waals surface area contributed by atoms with Crippen molar-refractivity contribution >= 4 is 11.7 Å². The molecule has 0 bridgehead atoms. The van der Waals surface area contributed by atoms with Crippen LogP contribution >= 0.6 is 0 Å².